The van der Waals surface area contributed by atoms with Crippen molar-refractivity contribution < 1.29 is 37.3 Å². The van der Waals surface area contributed by atoms with Gasteiger partial charge in [0.2, 0.25) is 15.9 Å². The molecule has 2 aliphatic rings. The molecule has 4 unspecified atom stereocenters. The van der Waals surface area contributed by atoms with Gasteiger partial charge in [0.1, 0.15) is 11.9 Å². The van der Waals surface area contributed by atoms with Crippen LogP contribution in [0.15, 0.2) is 59.5 Å². The van der Waals surface area contributed by atoms with Crippen LogP contribution in [-0.4, -0.2) is 75.5 Å². The van der Waals surface area contributed by atoms with Crippen LogP contribution in [0.4, 0.5) is 4.79 Å². The van der Waals surface area contributed by atoms with Gasteiger partial charge in [-0.3, -0.25) is 5.32 Å². The van der Waals surface area contributed by atoms with Crippen LogP contribution in [0, 0.1) is 5.92 Å². The van der Waals surface area contributed by atoms with Gasteiger partial charge in [-0.05, 0) is 49.1 Å². The molecule has 4 atom stereocenters. The number of sulfonamides is 1. The number of benzene rings is 2. The van der Waals surface area contributed by atoms with Gasteiger partial charge in [0, 0.05) is 25.5 Å². The summed E-state index contributed by atoms with van der Waals surface area (Å²) in [6, 6.07) is 15.2. The molecule has 208 valence electrons. The van der Waals surface area contributed by atoms with E-state index >= 15 is 0 Å². The molecule has 2 N–H and O–H groups in total. The van der Waals surface area contributed by atoms with E-state index in [1.54, 1.807) is 6.92 Å². The number of hydrogen-bond donors (Lipinski definition) is 2. The first kappa shape index (κ1) is 28.3. The Balaban J connectivity index is 1.72. The Labute approximate surface area is 223 Å². The molecule has 2 saturated heterocycles. The number of methoxy groups -OCH3 is 1. The van der Waals surface area contributed by atoms with Crippen LogP contribution in [0.2, 0.25) is 0 Å². The molecular weight excluding hydrogens is 512 g/mol. The number of carbonyl (C=O) groups excluding carboxylic acids is 1. The van der Waals surface area contributed by atoms with E-state index in [-0.39, 0.29) is 24.5 Å². The molecule has 0 bridgehead atoms. The number of hydrogen-bond acceptors (Lipinski definition) is 8. The minimum Gasteiger partial charge on any atom is -0.497 e. The van der Waals surface area contributed by atoms with E-state index in [9.17, 15) is 18.3 Å². The standard InChI is InChI=1S/C27H36N2O8S/c1-20(17-21-7-4-3-5-8-21)27(31,28-26(30)37-24-14-16-35-19-24)29(18-23-9-6-15-36-23)38(32,33)25-12-10-22(34-2)11-13-25/h3-5,7-8,10-13,20,23-24,31H,6,9,14-19H2,1-2H3,(H,28,30). The van der Waals surface area contributed by atoms with Crippen LogP contribution in [0.5, 0.6) is 5.75 Å². The molecule has 0 aromatic heterocycles. The Morgan fingerprint density at radius 3 is 2.50 bits per heavy atom. The zero-order chi connectivity index (χ0) is 27.2. The fraction of sp³-hybridized carbons (Fsp3) is 0.519. The van der Waals surface area contributed by atoms with E-state index in [0.717, 1.165) is 16.3 Å². The van der Waals surface area contributed by atoms with E-state index in [4.69, 9.17) is 18.9 Å². The number of nitrogens with zero attached hydrogens (tertiary/aromatic N) is 1. The lowest BCUT2D eigenvalue weighted by Gasteiger charge is -2.43. The van der Waals surface area contributed by atoms with Crippen molar-refractivity contribution in [1.82, 2.24) is 9.62 Å². The summed E-state index contributed by atoms with van der Waals surface area (Å²) in [5.41, 5.74) is 0.872. The predicted octanol–water partition coefficient (Wildman–Crippen LogP) is 2.90. The summed E-state index contributed by atoms with van der Waals surface area (Å²) in [5.74, 6) is -2.62. The van der Waals surface area contributed by atoms with Crippen molar-refractivity contribution in [2.45, 2.75) is 55.6 Å². The van der Waals surface area contributed by atoms with Crippen molar-refractivity contribution in [3.63, 3.8) is 0 Å². The maximum atomic E-state index is 14.1. The Kier molecular flexibility index (Phi) is 9.27. The molecule has 11 heteroatoms. The molecule has 38 heavy (non-hydrogen) atoms. The molecule has 2 aromatic carbocycles. The lowest BCUT2D eigenvalue weighted by molar-refractivity contribution is -0.135. The van der Waals surface area contributed by atoms with Crippen LogP contribution < -0.4 is 10.1 Å². The molecule has 0 saturated carbocycles. The quantitative estimate of drug-likeness (QED) is 0.411. The molecule has 10 nitrogen and oxygen atoms in total. The summed E-state index contributed by atoms with van der Waals surface area (Å²) in [5, 5.41) is 14.7. The molecular formula is C27H36N2O8S. The van der Waals surface area contributed by atoms with Gasteiger partial charge in [0.05, 0.1) is 31.3 Å². The molecule has 0 aliphatic carbocycles. The van der Waals surface area contributed by atoms with Crippen molar-refractivity contribution in [2.24, 2.45) is 5.92 Å². The van der Waals surface area contributed by atoms with Gasteiger partial charge >= 0.3 is 6.09 Å². The highest BCUT2D eigenvalue weighted by Crippen LogP contribution is 2.32. The van der Waals surface area contributed by atoms with E-state index in [1.165, 1.54) is 31.4 Å². The zero-order valence-electron chi connectivity index (χ0n) is 21.7. The maximum absolute atomic E-state index is 14.1. The number of amides is 1. The number of alkyl carbamates (subject to hydrolysis) is 1. The van der Waals surface area contributed by atoms with Gasteiger partial charge in [-0.15, -0.1) is 4.31 Å². The number of aliphatic hydroxyl groups is 1. The summed E-state index contributed by atoms with van der Waals surface area (Å²) >= 11 is 0. The zero-order valence-corrected chi connectivity index (χ0v) is 22.6. The molecule has 4 rings (SSSR count). The Morgan fingerprint density at radius 1 is 1.16 bits per heavy atom. The third-order valence-electron chi connectivity index (χ3n) is 6.94. The van der Waals surface area contributed by atoms with Gasteiger partial charge in [0.25, 0.3) is 0 Å². The highest BCUT2D eigenvalue weighted by atomic mass is 32.2. The summed E-state index contributed by atoms with van der Waals surface area (Å²) in [4.78, 5) is 13.0. The normalized spacial score (nSPS) is 22.1. The van der Waals surface area contributed by atoms with Crippen molar-refractivity contribution >= 4 is 16.1 Å². The molecule has 0 spiro atoms. The minimum absolute atomic E-state index is 0.0546. The number of nitrogens with one attached hydrogen (secondary N) is 1. The third kappa shape index (κ3) is 6.65. The van der Waals surface area contributed by atoms with Crippen LogP contribution in [0.3, 0.4) is 0 Å². The van der Waals surface area contributed by atoms with Crippen LogP contribution in [-0.2, 0) is 30.7 Å². The van der Waals surface area contributed by atoms with Crippen LogP contribution in [0.1, 0.15) is 31.7 Å². The van der Waals surface area contributed by atoms with Gasteiger partial charge in [-0.1, -0.05) is 37.3 Å². The largest absolute Gasteiger partial charge is 0.497 e. The lowest BCUT2D eigenvalue weighted by atomic mass is 9.95. The molecule has 2 aliphatic heterocycles. The van der Waals surface area contributed by atoms with Crippen LogP contribution >= 0.6 is 0 Å². The minimum atomic E-state index is -4.33. The van der Waals surface area contributed by atoms with Gasteiger partial charge in [-0.2, -0.15) is 0 Å². The topological polar surface area (TPSA) is 124 Å². The number of ether oxygens (including phenoxy) is 4. The van der Waals surface area contributed by atoms with Crippen molar-refractivity contribution in [2.75, 3.05) is 33.5 Å². The molecule has 0 radical (unpaired) electrons. The van der Waals surface area contributed by atoms with E-state index in [2.05, 4.69) is 5.32 Å². The molecule has 2 heterocycles. The van der Waals surface area contributed by atoms with Gasteiger partial charge in [0.15, 0.2) is 0 Å². The SMILES string of the molecule is COc1ccc(S(=O)(=O)N(CC2CCCO2)C(O)(NC(=O)OC2CCOC2)C(C)Cc2ccccc2)cc1. The predicted molar refractivity (Wildman–Crippen MR) is 139 cm³/mol. The highest BCUT2D eigenvalue weighted by molar-refractivity contribution is 7.89. The first-order chi connectivity index (χ1) is 18.2. The van der Waals surface area contributed by atoms with Crippen molar-refractivity contribution in [3.8, 4) is 5.75 Å². The average Bonchev–Trinajstić information content (AvgIpc) is 3.62. The van der Waals surface area contributed by atoms with Crippen molar-refractivity contribution in [1.29, 1.82) is 0 Å². The Hall–Kier alpha value is -2.70. The average molecular weight is 549 g/mol. The van der Waals surface area contributed by atoms with Crippen LogP contribution in [0.25, 0.3) is 0 Å². The summed E-state index contributed by atoms with van der Waals surface area (Å²) < 4.78 is 50.8. The first-order valence-corrected chi connectivity index (χ1v) is 14.3. The second-order valence-electron chi connectivity index (χ2n) is 9.68. The monoisotopic (exact) mass is 548 g/mol. The Bertz CT molecular complexity index is 1150. The van der Waals surface area contributed by atoms with E-state index < -0.39 is 40.1 Å². The third-order valence-corrected chi connectivity index (χ3v) is 8.82. The smallest absolute Gasteiger partial charge is 0.410 e. The summed E-state index contributed by atoms with van der Waals surface area (Å²) in [6.07, 6.45) is 0.357. The molecule has 1 amide bonds. The Morgan fingerprint density at radius 2 is 1.89 bits per heavy atom. The fourth-order valence-corrected chi connectivity index (χ4v) is 6.44. The molecule has 2 fully saturated rings. The van der Waals surface area contributed by atoms with Gasteiger partial charge in [-0.25, -0.2) is 13.2 Å². The second kappa shape index (κ2) is 12.4. The van der Waals surface area contributed by atoms with Crippen molar-refractivity contribution in [3.05, 3.63) is 60.2 Å². The lowest BCUT2D eigenvalue weighted by Crippen LogP contribution is -2.67. The fourth-order valence-electron chi connectivity index (χ4n) is 4.75. The van der Waals surface area contributed by atoms with E-state index in [1.807, 2.05) is 30.3 Å². The maximum Gasteiger partial charge on any atom is 0.410 e. The van der Waals surface area contributed by atoms with E-state index in [0.29, 0.717) is 31.8 Å². The highest BCUT2D eigenvalue weighted by Gasteiger charge is 2.50. The molecule has 2 aromatic rings. The number of carbonyl (C=O) groups is 1. The van der Waals surface area contributed by atoms with Gasteiger partial charge < -0.3 is 24.1 Å². The second-order valence-corrected chi connectivity index (χ2v) is 11.5. The first-order valence-electron chi connectivity index (χ1n) is 12.8. The summed E-state index contributed by atoms with van der Waals surface area (Å²) in [7, 11) is -2.84. The number of rotatable bonds is 11. The summed E-state index contributed by atoms with van der Waals surface area (Å²) in [6.45, 7) is 2.74.